The summed E-state index contributed by atoms with van der Waals surface area (Å²) in [6, 6.07) is 0.363. The molecule has 1 rings (SSSR count). The summed E-state index contributed by atoms with van der Waals surface area (Å²) in [5, 5.41) is 0. The molecule has 4 heteroatoms. The Kier molecular flexibility index (Phi) is 6.65. The van der Waals surface area contributed by atoms with E-state index in [1.807, 2.05) is 4.90 Å². The van der Waals surface area contributed by atoms with Crippen molar-refractivity contribution in [3.63, 3.8) is 0 Å². The van der Waals surface area contributed by atoms with Gasteiger partial charge in [0, 0.05) is 32.7 Å². The largest absolute Gasteiger partial charge is 0.384 e. The number of carbonyl (C=O) groups is 1. The van der Waals surface area contributed by atoms with Gasteiger partial charge in [-0.1, -0.05) is 13.3 Å². The first-order chi connectivity index (χ1) is 8.63. The molecule has 0 aromatic heterocycles. The van der Waals surface area contributed by atoms with E-state index < -0.39 is 0 Å². The van der Waals surface area contributed by atoms with Crippen molar-refractivity contribution in [1.29, 1.82) is 0 Å². The molecule has 1 amide bonds. The van der Waals surface area contributed by atoms with E-state index in [1.165, 1.54) is 12.8 Å². The van der Waals surface area contributed by atoms with E-state index in [2.05, 4.69) is 13.8 Å². The van der Waals surface area contributed by atoms with E-state index in [0.717, 1.165) is 13.0 Å². The predicted octanol–water partition coefficient (Wildman–Crippen LogP) is 1.63. The normalized spacial score (nSPS) is 25.1. The fourth-order valence-electron chi connectivity index (χ4n) is 3.06. The van der Waals surface area contributed by atoms with Gasteiger partial charge >= 0.3 is 0 Å². The average molecular weight is 256 g/mol. The Hall–Kier alpha value is -0.610. The Morgan fingerprint density at radius 3 is 2.78 bits per heavy atom. The summed E-state index contributed by atoms with van der Waals surface area (Å²) in [5.41, 5.74) is 5.81. The summed E-state index contributed by atoms with van der Waals surface area (Å²) >= 11 is 0. The number of carbonyl (C=O) groups excluding carboxylic acids is 1. The van der Waals surface area contributed by atoms with Gasteiger partial charge in [-0.05, 0) is 38.1 Å². The molecule has 0 saturated heterocycles. The lowest BCUT2D eigenvalue weighted by Gasteiger charge is -2.32. The second-order valence-corrected chi connectivity index (χ2v) is 5.44. The first kappa shape index (κ1) is 15.4. The third-order valence-corrected chi connectivity index (χ3v) is 3.96. The van der Waals surface area contributed by atoms with Crippen molar-refractivity contribution >= 4 is 5.91 Å². The molecule has 3 atom stereocenters. The molecule has 4 nitrogen and oxygen atoms in total. The molecule has 1 fully saturated rings. The Bertz CT molecular complexity index is 258. The van der Waals surface area contributed by atoms with Crippen LogP contribution in [-0.2, 0) is 9.53 Å². The SMILES string of the molecule is CCN(C(=O)CC(C)COC)C1CCCC1CN. The zero-order chi connectivity index (χ0) is 13.5. The van der Waals surface area contributed by atoms with Crippen molar-refractivity contribution < 1.29 is 9.53 Å². The van der Waals surface area contributed by atoms with Gasteiger partial charge < -0.3 is 15.4 Å². The number of nitrogens with two attached hydrogens (primary N) is 1. The number of methoxy groups -OCH3 is 1. The van der Waals surface area contributed by atoms with Gasteiger partial charge in [-0.15, -0.1) is 0 Å². The van der Waals surface area contributed by atoms with Crippen LogP contribution in [0.3, 0.4) is 0 Å². The van der Waals surface area contributed by atoms with Gasteiger partial charge in [0.2, 0.25) is 5.91 Å². The molecule has 0 heterocycles. The van der Waals surface area contributed by atoms with E-state index >= 15 is 0 Å². The lowest BCUT2D eigenvalue weighted by atomic mass is 10.0. The summed E-state index contributed by atoms with van der Waals surface area (Å²) in [4.78, 5) is 14.4. The predicted molar refractivity (Wildman–Crippen MR) is 73.2 cm³/mol. The van der Waals surface area contributed by atoms with Gasteiger partial charge in [0.05, 0.1) is 0 Å². The van der Waals surface area contributed by atoms with Crippen molar-refractivity contribution in [1.82, 2.24) is 4.90 Å². The zero-order valence-corrected chi connectivity index (χ0v) is 12.0. The molecule has 1 aliphatic rings. The van der Waals surface area contributed by atoms with Crippen LogP contribution in [0.2, 0.25) is 0 Å². The Morgan fingerprint density at radius 2 is 2.22 bits per heavy atom. The fourth-order valence-corrected chi connectivity index (χ4v) is 3.06. The Labute approximate surface area is 111 Å². The zero-order valence-electron chi connectivity index (χ0n) is 12.0. The lowest BCUT2D eigenvalue weighted by Crippen LogP contribution is -2.44. The maximum absolute atomic E-state index is 12.3. The summed E-state index contributed by atoms with van der Waals surface area (Å²) < 4.78 is 5.09. The number of rotatable bonds is 7. The lowest BCUT2D eigenvalue weighted by molar-refractivity contribution is -0.135. The summed E-state index contributed by atoms with van der Waals surface area (Å²) in [5.74, 6) is 1.04. The van der Waals surface area contributed by atoms with Crippen molar-refractivity contribution in [3.8, 4) is 0 Å². The summed E-state index contributed by atoms with van der Waals surface area (Å²) in [6.45, 7) is 6.26. The topological polar surface area (TPSA) is 55.6 Å². The molecule has 106 valence electrons. The molecule has 3 unspecified atom stereocenters. The van der Waals surface area contributed by atoms with Crippen molar-refractivity contribution in [2.45, 2.75) is 45.6 Å². The quantitative estimate of drug-likeness (QED) is 0.753. The van der Waals surface area contributed by atoms with Crippen LogP contribution >= 0.6 is 0 Å². The van der Waals surface area contributed by atoms with Crippen molar-refractivity contribution in [3.05, 3.63) is 0 Å². The monoisotopic (exact) mass is 256 g/mol. The van der Waals surface area contributed by atoms with Crippen LogP contribution in [0, 0.1) is 11.8 Å². The van der Waals surface area contributed by atoms with Gasteiger partial charge in [-0.2, -0.15) is 0 Å². The highest BCUT2D eigenvalue weighted by Crippen LogP contribution is 2.29. The van der Waals surface area contributed by atoms with Gasteiger partial charge in [0.1, 0.15) is 0 Å². The summed E-state index contributed by atoms with van der Waals surface area (Å²) in [7, 11) is 1.68. The summed E-state index contributed by atoms with van der Waals surface area (Å²) in [6.07, 6.45) is 4.05. The molecule has 0 aliphatic heterocycles. The van der Waals surface area contributed by atoms with Gasteiger partial charge in [0.15, 0.2) is 0 Å². The van der Waals surface area contributed by atoms with Gasteiger partial charge in [-0.3, -0.25) is 4.79 Å². The molecule has 0 bridgehead atoms. The number of nitrogens with zero attached hydrogens (tertiary/aromatic N) is 1. The molecule has 0 aromatic rings. The molecule has 0 radical (unpaired) electrons. The second-order valence-electron chi connectivity index (χ2n) is 5.44. The molecular weight excluding hydrogens is 228 g/mol. The number of amides is 1. The van der Waals surface area contributed by atoms with Crippen LogP contribution < -0.4 is 5.73 Å². The van der Waals surface area contributed by atoms with Gasteiger partial charge in [0.25, 0.3) is 0 Å². The fraction of sp³-hybridized carbons (Fsp3) is 0.929. The minimum absolute atomic E-state index is 0.257. The molecule has 0 spiro atoms. The van der Waals surface area contributed by atoms with Crippen LogP contribution in [0.1, 0.15) is 39.5 Å². The number of hydrogen-bond acceptors (Lipinski definition) is 3. The van der Waals surface area contributed by atoms with Crippen molar-refractivity contribution in [2.24, 2.45) is 17.6 Å². The minimum atomic E-state index is 0.257. The third kappa shape index (κ3) is 3.95. The maximum atomic E-state index is 12.3. The second kappa shape index (κ2) is 7.74. The first-order valence-corrected chi connectivity index (χ1v) is 7.12. The molecule has 1 saturated carbocycles. The van der Waals surface area contributed by atoms with Crippen LogP contribution in [0.5, 0.6) is 0 Å². The highest BCUT2D eigenvalue weighted by atomic mass is 16.5. The van der Waals surface area contributed by atoms with Gasteiger partial charge in [-0.25, -0.2) is 0 Å². The van der Waals surface area contributed by atoms with E-state index in [0.29, 0.717) is 31.5 Å². The highest BCUT2D eigenvalue weighted by molar-refractivity contribution is 5.76. The minimum Gasteiger partial charge on any atom is -0.384 e. The number of hydrogen-bond donors (Lipinski definition) is 1. The maximum Gasteiger partial charge on any atom is 0.223 e. The number of ether oxygens (including phenoxy) is 1. The third-order valence-electron chi connectivity index (χ3n) is 3.96. The standard InChI is InChI=1S/C14H28N2O2/c1-4-16(13-7-5-6-12(13)9-15)14(17)8-11(2)10-18-3/h11-13H,4-10,15H2,1-3H3. The van der Waals surface area contributed by atoms with Crippen LogP contribution in [0.25, 0.3) is 0 Å². The van der Waals surface area contributed by atoms with Crippen molar-refractivity contribution in [2.75, 3.05) is 26.8 Å². The molecule has 2 N–H and O–H groups in total. The molecule has 18 heavy (non-hydrogen) atoms. The van der Waals surface area contributed by atoms with E-state index in [4.69, 9.17) is 10.5 Å². The van der Waals surface area contributed by atoms with Crippen LogP contribution in [-0.4, -0.2) is 43.7 Å². The van der Waals surface area contributed by atoms with E-state index in [1.54, 1.807) is 7.11 Å². The smallest absolute Gasteiger partial charge is 0.223 e. The molecule has 1 aliphatic carbocycles. The average Bonchev–Trinajstić information content (AvgIpc) is 2.78. The molecule has 0 aromatic carbocycles. The molecular formula is C14H28N2O2. The Balaban J connectivity index is 2.56. The first-order valence-electron chi connectivity index (χ1n) is 7.12. The van der Waals surface area contributed by atoms with E-state index in [-0.39, 0.29) is 11.8 Å². The Morgan fingerprint density at radius 1 is 1.50 bits per heavy atom. The van der Waals surface area contributed by atoms with Crippen LogP contribution in [0.15, 0.2) is 0 Å². The van der Waals surface area contributed by atoms with E-state index in [9.17, 15) is 4.79 Å². The highest BCUT2D eigenvalue weighted by Gasteiger charge is 2.33. The van der Waals surface area contributed by atoms with Crippen LogP contribution in [0.4, 0.5) is 0 Å².